The van der Waals surface area contributed by atoms with Crippen LogP contribution >= 0.6 is 0 Å². The third kappa shape index (κ3) is 5.65. The molecule has 0 radical (unpaired) electrons. The number of fused-ring (bicyclic) bond motifs is 1. The number of aryl methyl sites for hydroxylation is 1. The van der Waals surface area contributed by atoms with Crippen molar-refractivity contribution in [1.82, 2.24) is 10.0 Å². The zero-order valence-electron chi connectivity index (χ0n) is 19.6. The van der Waals surface area contributed by atoms with Gasteiger partial charge in [-0.15, -0.1) is 0 Å². The summed E-state index contributed by atoms with van der Waals surface area (Å²) in [5.74, 6) is -0.0532. The second kappa shape index (κ2) is 10.6. The Morgan fingerprint density at radius 1 is 1.08 bits per heavy atom. The van der Waals surface area contributed by atoms with E-state index in [1.807, 2.05) is 0 Å². The molecule has 0 aliphatic carbocycles. The summed E-state index contributed by atoms with van der Waals surface area (Å²) in [6, 6.07) is 15.9. The quantitative estimate of drug-likeness (QED) is 0.375. The lowest BCUT2D eigenvalue weighted by Gasteiger charge is -2.27. The normalized spacial score (nSPS) is 14.3. The molecule has 190 valence electrons. The van der Waals surface area contributed by atoms with Crippen LogP contribution in [0.4, 0.5) is 10.1 Å². The molecule has 0 saturated heterocycles. The fourth-order valence-corrected chi connectivity index (χ4v) is 5.09. The number of ether oxygens (including phenoxy) is 2. The molecule has 1 amide bonds. The summed E-state index contributed by atoms with van der Waals surface area (Å²) in [6.45, 7) is 1.69. The number of sulfonamides is 1. The van der Waals surface area contributed by atoms with Gasteiger partial charge in [0.05, 0.1) is 10.9 Å². The molecule has 1 aliphatic rings. The number of benzene rings is 3. The first-order chi connectivity index (χ1) is 17.2. The van der Waals surface area contributed by atoms with Crippen molar-refractivity contribution in [3.05, 3.63) is 83.7 Å². The number of nitrogens with zero attached hydrogens (tertiary/aromatic N) is 1. The number of aliphatic hydroxyl groups excluding tert-OH is 1. The first kappa shape index (κ1) is 25.6. The van der Waals surface area contributed by atoms with Gasteiger partial charge in [0.15, 0.2) is 17.9 Å². The minimum absolute atomic E-state index is 0.0136. The SMILES string of the molecule is Cc1ccccc1S(=O)(=O)NC(O)N[C@@H](Cc1ccccc1F)C(=O)N(C)c1ccc2c(c1)OCO2. The lowest BCUT2D eigenvalue weighted by Crippen LogP contribution is -2.55. The molecule has 0 aromatic heterocycles. The van der Waals surface area contributed by atoms with E-state index in [1.54, 1.807) is 49.4 Å². The van der Waals surface area contributed by atoms with Gasteiger partial charge < -0.3 is 19.5 Å². The van der Waals surface area contributed by atoms with Crippen molar-refractivity contribution < 1.29 is 32.2 Å². The van der Waals surface area contributed by atoms with Crippen molar-refractivity contribution in [3.8, 4) is 11.5 Å². The second-order valence-corrected chi connectivity index (χ2v) is 9.92. The second-order valence-electron chi connectivity index (χ2n) is 8.24. The summed E-state index contributed by atoms with van der Waals surface area (Å²) in [7, 11) is -2.60. The van der Waals surface area contributed by atoms with E-state index in [4.69, 9.17) is 9.47 Å². The van der Waals surface area contributed by atoms with Crippen LogP contribution in [0.1, 0.15) is 11.1 Å². The van der Waals surface area contributed by atoms with Gasteiger partial charge in [-0.3, -0.25) is 10.1 Å². The van der Waals surface area contributed by atoms with E-state index in [-0.39, 0.29) is 23.7 Å². The summed E-state index contributed by atoms with van der Waals surface area (Å²) >= 11 is 0. The Hall–Kier alpha value is -3.51. The van der Waals surface area contributed by atoms with Crippen molar-refractivity contribution >= 4 is 21.6 Å². The number of likely N-dealkylation sites (N-methyl/N-ethyl adjacent to an activating group) is 1. The largest absolute Gasteiger partial charge is 0.454 e. The first-order valence-corrected chi connectivity index (χ1v) is 12.6. The van der Waals surface area contributed by atoms with Crippen LogP contribution in [0.15, 0.2) is 71.6 Å². The fourth-order valence-electron chi connectivity index (χ4n) is 3.85. The van der Waals surface area contributed by atoms with Crippen molar-refractivity contribution in [2.45, 2.75) is 30.6 Å². The molecule has 3 N–H and O–H groups in total. The smallest absolute Gasteiger partial charge is 0.244 e. The Labute approximate surface area is 208 Å². The molecular weight excluding hydrogens is 489 g/mol. The number of rotatable bonds is 9. The highest BCUT2D eigenvalue weighted by molar-refractivity contribution is 7.89. The van der Waals surface area contributed by atoms with E-state index in [9.17, 15) is 22.7 Å². The number of hydrogen-bond acceptors (Lipinski definition) is 7. The first-order valence-electron chi connectivity index (χ1n) is 11.1. The zero-order chi connectivity index (χ0) is 25.9. The van der Waals surface area contributed by atoms with E-state index < -0.39 is 34.1 Å². The van der Waals surface area contributed by atoms with Crippen molar-refractivity contribution in [3.63, 3.8) is 0 Å². The topological polar surface area (TPSA) is 117 Å². The monoisotopic (exact) mass is 515 g/mol. The minimum Gasteiger partial charge on any atom is -0.454 e. The Morgan fingerprint density at radius 2 is 1.78 bits per heavy atom. The number of carbonyl (C=O) groups excluding carboxylic acids is 1. The zero-order valence-corrected chi connectivity index (χ0v) is 20.5. The molecule has 0 saturated carbocycles. The molecule has 9 nitrogen and oxygen atoms in total. The van der Waals surface area contributed by atoms with Gasteiger partial charge in [0.25, 0.3) is 0 Å². The standard InChI is InChI=1S/C25H26FN3O6S/c1-16-7-3-6-10-23(16)36(32,33)28-25(31)27-20(13-17-8-4-5-9-19(17)26)24(30)29(2)18-11-12-21-22(14-18)35-15-34-21/h3-12,14,20,25,27-28,31H,13,15H2,1-2H3/t20-,25?/m0/s1. The summed E-state index contributed by atoms with van der Waals surface area (Å²) in [5, 5.41) is 13.2. The predicted molar refractivity (Wildman–Crippen MR) is 131 cm³/mol. The average molecular weight is 516 g/mol. The number of halogens is 1. The average Bonchev–Trinajstić information content (AvgIpc) is 3.32. The van der Waals surface area contributed by atoms with Gasteiger partial charge >= 0.3 is 0 Å². The van der Waals surface area contributed by atoms with Gasteiger partial charge in [-0.05, 0) is 48.7 Å². The molecule has 2 atom stereocenters. The Balaban J connectivity index is 1.57. The van der Waals surface area contributed by atoms with Crippen LogP contribution in [0.5, 0.6) is 11.5 Å². The molecule has 1 heterocycles. The van der Waals surface area contributed by atoms with Crippen molar-refractivity contribution in [2.24, 2.45) is 0 Å². The Kier molecular flexibility index (Phi) is 7.55. The van der Waals surface area contributed by atoms with Crippen LogP contribution in [0.2, 0.25) is 0 Å². The Morgan fingerprint density at radius 3 is 2.53 bits per heavy atom. The maximum Gasteiger partial charge on any atom is 0.244 e. The van der Waals surface area contributed by atoms with Gasteiger partial charge in [-0.2, -0.15) is 4.72 Å². The number of carbonyl (C=O) groups is 1. The van der Waals surface area contributed by atoms with Gasteiger partial charge in [0.2, 0.25) is 22.7 Å². The van der Waals surface area contributed by atoms with Crippen LogP contribution in [0, 0.1) is 12.7 Å². The molecule has 3 aromatic carbocycles. The van der Waals surface area contributed by atoms with E-state index in [0.29, 0.717) is 22.7 Å². The molecule has 36 heavy (non-hydrogen) atoms. The lowest BCUT2D eigenvalue weighted by molar-refractivity contribution is -0.121. The third-order valence-corrected chi connectivity index (χ3v) is 7.33. The summed E-state index contributed by atoms with van der Waals surface area (Å²) in [5.41, 5.74) is 1.18. The van der Waals surface area contributed by atoms with E-state index in [2.05, 4.69) is 10.0 Å². The van der Waals surface area contributed by atoms with Crippen LogP contribution in [-0.4, -0.2) is 45.7 Å². The van der Waals surface area contributed by atoms with Gasteiger partial charge in [-0.1, -0.05) is 36.4 Å². The molecule has 0 bridgehead atoms. The van der Waals surface area contributed by atoms with Gasteiger partial charge in [-0.25, -0.2) is 12.8 Å². The molecule has 1 aliphatic heterocycles. The van der Waals surface area contributed by atoms with Crippen LogP contribution in [0.3, 0.4) is 0 Å². The molecular formula is C25H26FN3O6S. The number of hydrogen-bond donors (Lipinski definition) is 3. The molecule has 1 unspecified atom stereocenters. The van der Waals surface area contributed by atoms with E-state index in [0.717, 1.165) is 0 Å². The molecule has 4 rings (SSSR count). The highest BCUT2D eigenvalue weighted by Gasteiger charge is 2.29. The molecule has 3 aromatic rings. The number of amides is 1. The summed E-state index contributed by atoms with van der Waals surface area (Å²) < 4.78 is 52.8. The highest BCUT2D eigenvalue weighted by Crippen LogP contribution is 2.35. The Bertz CT molecular complexity index is 1370. The third-order valence-electron chi connectivity index (χ3n) is 5.76. The molecule has 11 heteroatoms. The number of anilines is 1. The maximum absolute atomic E-state index is 14.4. The predicted octanol–water partition coefficient (Wildman–Crippen LogP) is 2.28. The van der Waals surface area contributed by atoms with Crippen molar-refractivity contribution in [1.29, 1.82) is 0 Å². The maximum atomic E-state index is 14.4. The van der Waals surface area contributed by atoms with Gasteiger partial charge in [0, 0.05) is 18.8 Å². The van der Waals surface area contributed by atoms with Crippen LogP contribution < -0.4 is 24.4 Å². The molecule has 0 fully saturated rings. The van der Waals surface area contributed by atoms with E-state index >= 15 is 0 Å². The van der Waals surface area contributed by atoms with Crippen LogP contribution in [-0.2, 0) is 21.2 Å². The highest BCUT2D eigenvalue weighted by atomic mass is 32.2. The van der Waals surface area contributed by atoms with E-state index in [1.165, 1.54) is 36.2 Å². The minimum atomic E-state index is -4.11. The van der Waals surface area contributed by atoms with Gasteiger partial charge in [0.1, 0.15) is 5.82 Å². The summed E-state index contributed by atoms with van der Waals surface area (Å²) in [6.07, 6.45) is -1.98. The number of aliphatic hydroxyl groups is 1. The van der Waals surface area contributed by atoms with Crippen molar-refractivity contribution in [2.75, 3.05) is 18.7 Å². The molecule has 0 spiro atoms. The fraction of sp³-hybridized carbons (Fsp3) is 0.240. The lowest BCUT2D eigenvalue weighted by atomic mass is 10.0. The number of nitrogens with one attached hydrogen (secondary N) is 2. The summed E-state index contributed by atoms with van der Waals surface area (Å²) in [4.78, 5) is 14.8. The van der Waals surface area contributed by atoms with Crippen LogP contribution in [0.25, 0.3) is 0 Å².